The summed E-state index contributed by atoms with van der Waals surface area (Å²) in [4.78, 5) is 0. The molecule has 0 heterocycles. The van der Waals surface area contributed by atoms with Crippen LogP contribution in [0.2, 0.25) is 0 Å². The molecule has 0 atom stereocenters. The summed E-state index contributed by atoms with van der Waals surface area (Å²) in [6.45, 7) is 0. The zero-order valence-electron chi connectivity index (χ0n) is 8.74. The fourth-order valence-electron chi connectivity index (χ4n) is 1.42. The Bertz CT molecular complexity index is 590. The van der Waals surface area contributed by atoms with Gasteiger partial charge in [0.1, 0.15) is 0 Å². The predicted octanol–water partition coefficient (Wildman–Crippen LogP) is 4.67. The van der Waals surface area contributed by atoms with Crippen LogP contribution in [0, 0.1) is 14.9 Å². The number of nitriles is 1. The molecule has 2 aromatic carbocycles. The maximum Gasteiger partial charge on any atom is 0.0992 e. The van der Waals surface area contributed by atoms with Gasteiger partial charge in [-0.25, -0.2) is 0 Å². The van der Waals surface area contributed by atoms with Crippen LogP contribution >= 0.6 is 38.5 Å². The maximum atomic E-state index is 8.84. The largest absolute Gasteiger partial charge is 0.355 e. The van der Waals surface area contributed by atoms with Crippen LogP contribution in [0.1, 0.15) is 5.56 Å². The number of halogens is 2. The van der Waals surface area contributed by atoms with Crippen molar-refractivity contribution in [2.24, 2.45) is 0 Å². The molecule has 0 aliphatic carbocycles. The second kappa shape index (κ2) is 5.52. The fourth-order valence-corrected chi connectivity index (χ4v) is 2.25. The molecule has 1 N–H and O–H groups in total. The van der Waals surface area contributed by atoms with Crippen LogP contribution in [0.15, 0.2) is 46.9 Å². The highest BCUT2D eigenvalue weighted by atomic mass is 127. The molecule has 0 aliphatic rings. The van der Waals surface area contributed by atoms with Crippen molar-refractivity contribution < 1.29 is 0 Å². The normalized spacial score (nSPS) is 9.71. The van der Waals surface area contributed by atoms with Crippen LogP contribution in [0.5, 0.6) is 0 Å². The smallest absolute Gasteiger partial charge is 0.0992 e. The van der Waals surface area contributed by atoms with Gasteiger partial charge in [-0.05, 0) is 74.9 Å². The molecule has 0 aromatic heterocycles. The standard InChI is InChI=1S/C13H8BrIN2/c14-12-5-4-10(15)7-13(12)17-11-3-1-2-9(6-11)8-16/h1-7,17H. The van der Waals surface area contributed by atoms with Crippen molar-refractivity contribution in [3.63, 3.8) is 0 Å². The molecule has 0 amide bonds. The number of nitrogens with zero attached hydrogens (tertiary/aromatic N) is 1. The van der Waals surface area contributed by atoms with E-state index in [1.807, 2.05) is 36.4 Å². The molecular formula is C13H8BrIN2. The molecule has 17 heavy (non-hydrogen) atoms. The molecule has 84 valence electrons. The molecule has 0 spiro atoms. The maximum absolute atomic E-state index is 8.84. The minimum absolute atomic E-state index is 0.650. The molecule has 0 bridgehead atoms. The van der Waals surface area contributed by atoms with E-state index in [9.17, 15) is 0 Å². The summed E-state index contributed by atoms with van der Waals surface area (Å²) in [5, 5.41) is 12.1. The summed E-state index contributed by atoms with van der Waals surface area (Å²) in [6, 6.07) is 15.6. The van der Waals surface area contributed by atoms with Crippen molar-refractivity contribution in [1.82, 2.24) is 0 Å². The van der Waals surface area contributed by atoms with E-state index in [1.165, 1.54) is 0 Å². The van der Waals surface area contributed by atoms with Crippen molar-refractivity contribution in [3.8, 4) is 6.07 Å². The van der Waals surface area contributed by atoms with E-state index in [0.717, 1.165) is 19.4 Å². The van der Waals surface area contributed by atoms with Gasteiger partial charge in [0.25, 0.3) is 0 Å². The van der Waals surface area contributed by atoms with E-state index in [-0.39, 0.29) is 0 Å². The van der Waals surface area contributed by atoms with Crippen molar-refractivity contribution in [2.75, 3.05) is 5.32 Å². The van der Waals surface area contributed by atoms with E-state index >= 15 is 0 Å². The molecule has 0 radical (unpaired) electrons. The molecule has 2 rings (SSSR count). The molecule has 0 aliphatic heterocycles. The molecule has 2 nitrogen and oxygen atoms in total. The summed E-state index contributed by atoms with van der Waals surface area (Å²) >= 11 is 5.76. The predicted molar refractivity (Wildman–Crippen MR) is 81.3 cm³/mol. The highest BCUT2D eigenvalue weighted by Crippen LogP contribution is 2.27. The second-order valence-corrected chi connectivity index (χ2v) is 5.54. The third-order valence-electron chi connectivity index (χ3n) is 2.20. The van der Waals surface area contributed by atoms with Gasteiger partial charge in [0.2, 0.25) is 0 Å². The van der Waals surface area contributed by atoms with Gasteiger partial charge in [0.15, 0.2) is 0 Å². The van der Waals surface area contributed by atoms with Gasteiger partial charge in [0, 0.05) is 13.7 Å². The number of benzene rings is 2. The Morgan fingerprint density at radius 1 is 1.18 bits per heavy atom. The van der Waals surface area contributed by atoms with Gasteiger partial charge in [-0.1, -0.05) is 6.07 Å². The third-order valence-corrected chi connectivity index (χ3v) is 3.56. The van der Waals surface area contributed by atoms with Crippen LogP contribution in [0.4, 0.5) is 11.4 Å². The summed E-state index contributed by atoms with van der Waals surface area (Å²) in [6.07, 6.45) is 0. The zero-order valence-corrected chi connectivity index (χ0v) is 12.5. The molecule has 2 aromatic rings. The molecule has 0 saturated heterocycles. The SMILES string of the molecule is N#Cc1cccc(Nc2cc(I)ccc2Br)c1. The topological polar surface area (TPSA) is 35.8 Å². The quantitative estimate of drug-likeness (QED) is 0.746. The van der Waals surface area contributed by atoms with Gasteiger partial charge in [-0.15, -0.1) is 0 Å². The van der Waals surface area contributed by atoms with Gasteiger partial charge >= 0.3 is 0 Å². The van der Waals surface area contributed by atoms with Gasteiger partial charge in [0.05, 0.1) is 17.3 Å². The average molecular weight is 399 g/mol. The Morgan fingerprint density at radius 2 is 2.00 bits per heavy atom. The first-order valence-corrected chi connectivity index (χ1v) is 6.78. The molecular weight excluding hydrogens is 391 g/mol. The summed E-state index contributed by atoms with van der Waals surface area (Å²) in [7, 11) is 0. The number of hydrogen-bond donors (Lipinski definition) is 1. The molecule has 4 heteroatoms. The minimum atomic E-state index is 0.650. The van der Waals surface area contributed by atoms with E-state index in [2.05, 4.69) is 49.9 Å². The average Bonchev–Trinajstić information content (AvgIpc) is 2.34. The van der Waals surface area contributed by atoms with Crippen LogP contribution in [0.3, 0.4) is 0 Å². The number of rotatable bonds is 2. The Kier molecular flexibility index (Phi) is 4.02. The number of nitrogens with one attached hydrogen (secondary N) is 1. The first-order chi connectivity index (χ1) is 8.19. The highest BCUT2D eigenvalue weighted by molar-refractivity contribution is 14.1. The summed E-state index contributed by atoms with van der Waals surface area (Å²) in [5.74, 6) is 0. The summed E-state index contributed by atoms with van der Waals surface area (Å²) < 4.78 is 2.16. The summed E-state index contributed by atoms with van der Waals surface area (Å²) in [5.41, 5.74) is 2.55. The molecule has 0 saturated carbocycles. The third kappa shape index (κ3) is 3.20. The van der Waals surface area contributed by atoms with Crippen molar-refractivity contribution >= 4 is 49.9 Å². The second-order valence-electron chi connectivity index (χ2n) is 3.44. The lowest BCUT2D eigenvalue weighted by Crippen LogP contribution is -1.92. The molecule has 0 fully saturated rings. The monoisotopic (exact) mass is 398 g/mol. The Labute approximate surface area is 122 Å². The Balaban J connectivity index is 2.31. The van der Waals surface area contributed by atoms with E-state index in [4.69, 9.17) is 5.26 Å². The van der Waals surface area contributed by atoms with E-state index in [0.29, 0.717) is 5.56 Å². The van der Waals surface area contributed by atoms with Gasteiger partial charge < -0.3 is 5.32 Å². The Morgan fingerprint density at radius 3 is 2.76 bits per heavy atom. The highest BCUT2D eigenvalue weighted by Gasteiger charge is 2.01. The lowest BCUT2D eigenvalue weighted by atomic mass is 10.2. The first kappa shape index (κ1) is 12.4. The van der Waals surface area contributed by atoms with Gasteiger partial charge in [-0.2, -0.15) is 5.26 Å². The fraction of sp³-hybridized carbons (Fsp3) is 0. The van der Waals surface area contributed by atoms with Crippen LogP contribution < -0.4 is 5.32 Å². The van der Waals surface area contributed by atoms with Crippen LogP contribution in [-0.2, 0) is 0 Å². The molecule has 0 unspecified atom stereocenters. The zero-order chi connectivity index (χ0) is 12.3. The van der Waals surface area contributed by atoms with E-state index in [1.54, 1.807) is 6.07 Å². The first-order valence-electron chi connectivity index (χ1n) is 4.91. The van der Waals surface area contributed by atoms with Crippen molar-refractivity contribution in [2.45, 2.75) is 0 Å². The lowest BCUT2D eigenvalue weighted by Gasteiger charge is -2.09. The number of anilines is 2. The van der Waals surface area contributed by atoms with Crippen LogP contribution in [0.25, 0.3) is 0 Å². The minimum Gasteiger partial charge on any atom is -0.355 e. The van der Waals surface area contributed by atoms with Crippen LogP contribution in [-0.4, -0.2) is 0 Å². The lowest BCUT2D eigenvalue weighted by molar-refractivity contribution is 1.46. The van der Waals surface area contributed by atoms with Gasteiger partial charge in [-0.3, -0.25) is 0 Å². The van der Waals surface area contributed by atoms with E-state index < -0.39 is 0 Å². The Hall–Kier alpha value is -1.06. The van der Waals surface area contributed by atoms with Crippen molar-refractivity contribution in [3.05, 3.63) is 56.1 Å². The number of hydrogen-bond acceptors (Lipinski definition) is 2. The van der Waals surface area contributed by atoms with Crippen molar-refractivity contribution in [1.29, 1.82) is 5.26 Å².